The van der Waals surface area contributed by atoms with Crippen LogP contribution >= 0.6 is 11.3 Å². The van der Waals surface area contributed by atoms with Crippen molar-refractivity contribution >= 4 is 22.9 Å². The van der Waals surface area contributed by atoms with E-state index < -0.39 is 5.92 Å². The van der Waals surface area contributed by atoms with Gasteiger partial charge in [-0.15, -0.1) is 11.3 Å². The van der Waals surface area contributed by atoms with Crippen LogP contribution in [0.3, 0.4) is 0 Å². The first kappa shape index (κ1) is 17.8. The monoisotopic (exact) mass is 409 g/mol. The van der Waals surface area contributed by atoms with Crippen molar-refractivity contribution in [2.24, 2.45) is 0 Å². The van der Waals surface area contributed by atoms with Crippen LogP contribution in [0.5, 0.6) is 11.5 Å². The maximum atomic E-state index is 13.3. The van der Waals surface area contributed by atoms with E-state index in [0.717, 1.165) is 11.3 Å². The van der Waals surface area contributed by atoms with Crippen molar-refractivity contribution in [1.29, 1.82) is 0 Å². The zero-order valence-electron chi connectivity index (χ0n) is 15.6. The number of anilines is 1. The number of phenols is 1. The van der Waals surface area contributed by atoms with E-state index in [-0.39, 0.29) is 23.0 Å². The first-order valence-electron chi connectivity index (χ1n) is 9.31. The van der Waals surface area contributed by atoms with Crippen molar-refractivity contribution in [2.45, 2.75) is 24.7 Å². The second-order valence-electron chi connectivity index (χ2n) is 7.29. The number of hydrogen-bond acceptors (Lipinski definition) is 6. The number of phenolic OH excluding ortho intramolecular Hbond substituents is 1. The van der Waals surface area contributed by atoms with Gasteiger partial charge in [-0.05, 0) is 35.6 Å². The fourth-order valence-corrected chi connectivity index (χ4v) is 5.18. The van der Waals surface area contributed by atoms with Crippen molar-refractivity contribution in [3.8, 4) is 11.5 Å². The Morgan fingerprint density at radius 3 is 2.79 bits per heavy atom. The number of benzene rings is 1. The number of methoxy groups -OCH3 is 1. The predicted octanol–water partition coefficient (Wildman–Crippen LogP) is 3.44. The Bertz CT molecular complexity index is 1190. The number of hydrogen-bond donors (Lipinski definition) is 4. The Kier molecular flexibility index (Phi) is 4.09. The predicted molar refractivity (Wildman–Crippen MR) is 110 cm³/mol. The number of aromatic amines is 2. The zero-order valence-corrected chi connectivity index (χ0v) is 16.4. The Morgan fingerprint density at radius 1 is 1.17 bits per heavy atom. The summed E-state index contributed by atoms with van der Waals surface area (Å²) >= 11 is 1.65. The van der Waals surface area contributed by atoms with Gasteiger partial charge in [-0.1, -0.05) is 12.1 Å². The lowest BCUT2D eigenvalue weighted by Gasteiger charge is -2.34. The molecule has 5 rings (SSSR count). The van der Waals surface area contributed by atoms with Crippen LogP contribution in [0.2, 0.25) is 0 Å². The summed E-state index contributed by atoms with van der Waals surface area (Å²) in [6.45, 7) is 0. The van der Waals surface area contributed by atoms with Crippen LogP contribution in [0.4, 0.5) is 5.82 Å². The van der Waals surface area contributed by atoms with Gasteiger partial charge in [0.2, 0.25) is 0 Å². The Morgan fingerprint density at radius 2 is 2.03 bits per heavy atom. The smallest absolute Gasteiger partial charge is 0.270 e. The molecule has 3 heterocycles. The number of ether oxygens (including phenoxy) is 1. The minimum absolute atomic E-state index is 0.00955. The van der Waals surface area contributed by atoms with E-state index in [2.05, 4.69) is 21.6 Å². The van der Waals surface area contributed by atoms with Crippen molar-refractivity contribution < 1.29 is 14.6 Å². The molecule has 2 aliphatic rings. The second kappa shape index (κ2) is 6.66. The number of ketones is 1. The number of aromatic nitrogens is 2. The third kappa shape index (κ3) is 2.79. The average molecular weight is 409 g/mol. The van der Waals surface area contributed by atoms with Gasteiger partial charge in [-0.3, -0.25) is 19.8 Å². The number of carbonyl (C=O) groups is 1. The summed E-state index contributed by atoms with van der Waals surface area (Å²) in [6, 6.07) is 9.00. The molecule has 8 heteroatoms. The number of carbonyl (C=O) groups excluding carboxylic acids is 1. The maximum Gasteiger partial charge on any atom is 0.270 e. The highest BCUT2D eigenvalue weighted by Crippen LogP contribution is 2.47. The Labute approximate surface area is 170 Å². The molecule has 3 aromatic rings. The van der Waals surface area contributed by atoms with E-state index in [1.807, 2.05) is 11.4 Å². The number of H-pyrrole nitrogens is 2. The molecule has 0 saturated heterocycles. The summed E-state index contributed by atoms with van der Waals surface area (Å²) in [5.74, 6) is 0.510. The van der Waals surface area contributed by atoms with E-state index in [1.54, 1.807) is 23.5 Å². The van der Waals surface area contributed by atoms with Crippen molar-refractivity contribution in [1.82, 2.24) is 10.2 Å². The fraction of sp³-hybridized carbons (Fsp3) is 0.238. The van der Waals surface area contributed by atoms with Crippen LogP contribution in [0.1, 0.15) is 40.7 Å². The number of nitrogens with one attached hydrogen (secondary N) is 3. The number of fused-ring (bicyclic) bond motifs is 1. The van der Waals surface area contributed by atoms with E-state index in [1.165, 1.54) is 18.1 Å². The molecule has 4 N–H and O–H groups in total. The topological polar surface area (TPSA) is 107 Å². The number of thiophene rings is 1. The molecule has 7 nitrogen and oxygen atoms in total. The molecule has 1 aliphatic carbocycles. The standard InChI is InChI=1S/C21H19N3O4S/c1-28-15-9-10(4-5-13(15)25)17-18-12(22-20-19(17)21(27)24-23-20)7-11(8-14(18)26)16-3-2-6-29-16/h2-6,9,11,17,25H,7-8H2,1H3,(H3,22,23,24,27)/t11-,17-/m0/s1. The third-order valence-electron chi connectivity index (χ3n) is 5.66. The van der Waals surface area contributed by atoms with Crippen molar-refractivity contribution in [3.63, 3.8) is 0 Å². The van der Waals surface area contributed by atoms with E-state index in [4.69, 9.17) is 4.74 Å². The SMILES string of the molecule is COc1cc([C@H]2C3=C(C[C@H](c4cccs4)CC3=O)Nc3[nH][nH]c(=O)c32)ccc1O. The van der Waals surface area contributed by atoms with Gasteiger partial charge in [0.25, 0.3) is 5.56 Å². The zero-order chi connectivity index (χ0) is 20.1. The highest BCUT2D eigenvalue weighted by atomic mass is 32.1. The Hall–Kier alpha value is -3.26. The summed E-state index contributed by atoms with van der Waals surface area (Å²) in [7, 11) is 1.47. The molecule has 0 radical (unpaired) electrons. The van der Waals surface area contributed by atoms with Crippen molar-refractivity contribution in [2.75, 3.05) is 12.4 Å². The minimum atomic E-state index is -0.525. The lowest BCUT2D eigenvalue weighted by molar-refractivity contribution is -0.116. The molecule has 0 spiro atoms. The maximum absolute atomic E-state index is 13.3. The van der Waals surface area contributed by atoms with Crippen LogP contribution in [0.15, 0.2) is 51.8 Å². The summed E-state index contributed by atoms with van der Waals surface area (Å²) in [5, 5.41) is 20.8. The molecule has 29 heavy (non-hydrogen) atoms. The molecule has 0 unspecified atom stereocenters. The quantitative estimate of drug-likeness (QED) is 0.530. The van der Waals surface area contributed by atoms with Gasteiger partial charge in [-0.25, -0.2) is 0 Å². The molecule has 0 amide bonds. The molecular weight excluding hydrogens is 390 g/mol. The van der Waals surface area contributed by atoms with Crippen LogP contribution in [-0.2, 0) is 4.79 Å². The van der Waals surface area contributed by atoms with Gasteiger partial charge in [-0.2, -0.15) is 0 Å². The van der Waals surface area contributed by atoms with Crippen LogP contribution in [0.25, 0.3) is 0 Å². The number of allylic oxidation sites excluding steroid dienone is 2. The van der Waals surface area contributed by atoms with Gasteiger partial charge in [0, 0.05) is 34.4 Å². The van der Waals surface area contributed by atoms with Gasteiger partial charge < -0.3 is 15.2 Å². The molecule has 0 fully saturated rings. The van der Waals surface area contributed by atoms with Crippen LogP contribution in [0, 0.1) is 0 Å². The first-order chi connectivity index (χ1) is 14.1. The molecule has 0 saturated carbocycles. The summed E-state index contributed by atoms with van der Waals surface area (Å²) in [5.41, 5.74) is 2.37. The molecule has 2 atom stereocenters. The number of rotatable bonds is 3. The normalized spacial score (nSPS) is 20.8. The van der Waals surface area contributed by atoms with E-state index in [0.29, 0.717) is 35.5 Å². The lowest BCUT2D eigenvalue weighted by atomic mass is 9.74. The molecule has 1 aliphatic heterocycles. The molecule has 2 aromatic heterocycles. The molecule has 148 valence electrons. The highest BCUT2D eigenvalue weighted by Gasteiger charge is 2.40. The minimum Gasteiger partial charge on any atom is -0.504 e. The van der Waals surface area contributed by atoms with Crippen molar-refractivity contribution in [3.05, 3.63) is 73.3 Å². The van der Waals surface area contributed by atoms with E-state index >= 15 is 0 Å². The summed E-state index contributed by atoms with van der Waals surface area (Å²) < 4.78 is 5.25. The largest absolute Gasteiger partial charge is 0.504 e. The average Bonchev–Trinajstić information content (AvgIpc) is 3.37. The van der Waals surface area contributed by atoms with Gasteiger partial charge in [0.15, 0.2) is 17.3 Å². The summed E-state index contributed by atoms with van der Waals surface area (Å²) in [6.07, 6.45) is 1.10. The summed E-state index contributed by atoms with van der Waals surface area (Å²) in [4.78, 5) is 27.0. The number of aromatic hydroxyl groups is 1. The first-order valence-corrected chi connectivity index (χ1v) is 10.2. The molecular formula is C21H19N3O4S. The fourth-order valence-electron chi connectivity index (χ4n) is 4.35. The second-order valence-corrected chi connectivity index (χ2v) is 8.27. The lowest BCUT2D eigenvalue weighted by Crippen LogP contribution is -2.31. The van der Waals surface area contributed by atoms with E-state index in [9.17, 15) is 14.7 Å². The number of Topliss-reactive ketones (excluding diaryl/α,β-unsaturated/α-hetero) is 1. The van der Waals surface area contributed by atoms with Crippen LogP contribution in [-0.4, -0.2) is 28.2 Å². The Balaban J connectivity index is 1.66. The van der Waals surface area contributed by atoms with Gasteiger partial charge in [0.1, 0.15) is 5.82 Å². The molecule has 0 bridgehead atoms. The highest BCUT2D eigenvalue weighted by molar-refractivity contribution is 7.10. The van der Waals surface area contributed by atoms with Gasteiger partial charge in [0.05, 0.1) is 12.7 Å². The van der Waals surface area contributed by atoms with Crippen LogP contribution < -0.4 is 15.6 Å². The molecule has 1 aromatic carbocycles. The third-order valence-corrected chi connectivity index (χ3v) is 6.69. The van der Waals surface area contributed by atoms with Gasteiger partial charge >= 0.3 is 0 Å².